The molecule has 3 aromatic carbocycles. The molecule has 5 aromatic rings. The average molecular weight is 617 g/mol. The van der Waals surface area contributed by atoms with Crippen LogP contribution in [0.2, 0.25) is 0 Å². The standard InChI is InChI=1S/C18H16FN3O2.C14H14FN3O3/c1-13-20-9-10-22(13)17-8-7-15(11-16(17)19)21-18(23)24-12-14-5-3-2-4-6-14;1-9-16-4-5-17(9)13-3-2-10(6-12(13)15)18-7-11(8-19)21-14(18)20/h2-11H,12H2,1H3,(H,21,23);2-6,11,19H,7-8H2,1H3. The Bertz CT molecular complexity index is 1790. The Morgan fingerprint density at radius 2 is 1.58 bits per heavy atom. The van der Waals surface area contributed by atoms with E-state index in [2.05, 4.69) is 15.3 Å². The summed E-state index contributed by atoms with van der Waals surface area (Å²) in [4.78, 5) is 32.9. The predicted molar refractivity (Wildman–Crippen MR) is 161 cm³/mol. The molecule has 1 unspecified atom stereocenters. The summed E-state index contributed by atoms with van der Waals surface area (Å²) < 4.78 is 41.8. The Kier molecular flexibility index (Phi) is 9.49. The minimum Gasteiger partial charge on any atom is -0.444 e. The summed E-state index contributed by atoms with van der Waals surface area (Å²) in [5.74, 6) is 0.422. The van der Waals surface area contributed by atoms with Gasteiger partial charge < -0.3 is 23.7 Å². The van der Waals surface area contributed by atoms with Crippen LogP contribution in [0.3, 0.4) is 0 Å². The first-order valence-corrected chi connectivity index (χ1v) is 13.9. The molecule has 0 saturated carbocycles. The first kappa shape index (κ1) is 30.9. The van der Waals surface area contributed by atoms with Crippen molar-refractivity contribution in [1.29, 1.82) is 0 Å². The van der Waals surface area contributed by atoms with Crippen molar-refractivity contribution in [3.63, 3.8) is 0 Å². The molecule has 0 radical (unpaired) electrons. The van der Waals surface area contributed by atoms with Crippen molar-refractivity contribution in [3.8, 4) is 11.4 Å². The maximum absolute atomic E-state index is 14.3. The highest BCUT2D eigenvalue weighted by molar-refractivity contribution is 5.90. The Morgan fingerprint density at radius 3 is 2.11 bits per heavy atom. The molecular formula is C32H30F2N6O5. The van der Waals surface area contributed by atoms with Crippen molar-refractivity contribution in [2.24, 2.45) is 0 Å². The summed E-state index contributed by atoms with van der Waals surface area (Å²) in [6.07, 6.45) is 4.74. The lowest BCUT2D eigenvalue weighted by molar-refractivity contribution is 0.0963. The Labute approximate surface area is 257 Å². The molecule has 45 heavy (non-hydrogen) atoms. The number of hydrogen-bond acceptors (Lipinski definition) is 7. The highest BCUT2D eigenvalue weighted by atomic mass is 19.1. The molecule has 6 rings (SSSR count). The van der Waals surface area contributed by atoms with Crippen molar-refractivity contribution in [2.75, 3.05) is 23.4 Å². The van der Waals surface area contributed by atoms with E-state index in [1.54, 1.807) is 72.0 Å². The van der Waals surface area contributed by atoms with Crippen molar-refractivity contribution in [3.05, 3.63) is 120 Å². The summed E-state index contributed by atoms with van der Waals surface area (Å²) in [6, 6.07) is 18.3. The number of nitrogens with zero attached hydrogens (tertiary/aromatic N) is 5. The van der Waals surface area contributed by atoms with Crippen LogP contribution in [0.1, 0.15) is 17.2 Å². The zero-order valence-corrected chi connectivity index (χ0v) is 24.4. The highest BCUT2D eigenvalue weighted by Crippen LogP contribution is 2.26. The highest BCUT2D eigenvalue weighted by Gasteiger charge is 2.32. The number of hydrogen-bond donors (Lipinski definition) is 2. The number of anilines is 2. The number of carbonyl (C=O) groups is 2. The van der Waals surface area contributed by atoms with Gasteiger partial charge in [-0.2, -0.15) is 0 Å². The molecule has 2 aromatic heterocycles. The lowest BCUT2D eigenvalue weighted by atomic mass is 10.2. The first-order valence-electron chi connectivity index (χ1n) is 13.9. The fourth-order valence-electron chi connectivity index (χ4n) is 4.61. The molecule has 232 valence electrons. The number of carbonyl (C=O) groups excluding carboxylic acids is 2. The largest absolute Gasteiger partial charge is 0.444 e. The molecule has 3 heterocycles. The first-order chi connectivity index (χ1) is 21.7. The van der Waals surface area contributed by atoms with Gasteiger partial charge >= 0.3 is 12.2 Å². The monoisotopic (exact) mass is 616 g/mol. The van der Waals surface area contributed by atoms with Gasteiger partial charge in [0.15, 0.2) is 0 Å². The third kappa shape index (κ3) is 7.33. The van der Waals surface area contributed by atoms with Crippen LogP contribution in [0.4, 0.5) is 29.7 Å². The van der Waals surface area contributed by atoms with Gasteiger partial charge in [-0.15, -0.1) is 0 Å². The molecule has 0 bridgehead atoms. The Balaban J connectivity index is 0.000000179. The normalized spacial score (nSPS) is 14.0. The van der Waals surface area contributed by atoms with Crippen LogP contribution < -0.4 is 10.2 Å². The fraction of sp³-hybridized carbons (Fsp3) is 0.188. The van der Waals surface area contributed by atoms with Crippen LogP contribution in [-0.4, -0.2) is 55.7 Å². The number of imidazole rings is 2. The summed E-state index contributed by atoms with van der Waals surface area (Å²) >= 11 is 0. The second-order valence-corrected chi connectivity index (χ2v) is 9.98. The topological polar surface area (TPSA) is 124 Å². The summed E-state index contributed by atoms with van der Waals surface area (Å²) in [7, 11) is 0. The van der Waals surface area contributed by atoms with Gasteiger partial charge in [-0.05, 0) is 55.8 Å². The van der Waals surface area contributed by atoms with Gasteiger partial charge in [-0.1, -0.05) is 30.3 Å². The quantitative estimate of drug-likeness (QED) is 0.240. The number of cyclic esters (lactones) is 1. The van der Waals surface area contributed by atoms with Crippen LogP contribution in [0.15, 0.2) is 91.5 Å². The predicted octanol–water partition coefficient (Wildman–Crippen LogP) is 5.71. The van der Waals surface area contributed by atoms with Crippen LogP contribution in [-0.2, 0) is 16.1 Å². The fourth-order valence-corrected chi connectivity index (χ4v) is 4.61. The third-order valence-electron chi connectivity index (χ3n) is 6.90. The van der Waals surface area contributed by atoms with Crippen LogP contribution in [0.25, 0.3) is 11.4 Å². The number of amides is 2. The van der Waals surface area contributed by atoms with Crippen molar-refractivity contribution >= 4 is 23.6 Å². The number of halogens is 2. The third-order valence-corrected chi connectivity index (χ3v) is 6.90. The molecule has 1 aliphatic rings. The van der Waals surface area contributed by atoms with E-state index in [1.165, 1.54) is 17.0 Å². The van der Waals surface area contributed by atoms with Gasteiger partial charge in [-0.3, -0.25) is 10.2 Å². The molecule has 0 spiro atoms. The number of aliphatic hydroxyl groups is 1. The van der Waals surface area contributed by atoms with Gasteiger partial charge in [0.25, 0.3) is 0 Å². The number of nitrogens with one attached hydrogen (secondary N) is 1. The lowest BCUT2D eigenvalue weighted by Crippen LogP contribution is -2.25. The zero-order valence-electron chi connectivity index (χ0n) is 24.4. The SMILES string of the molecule is Cc1nccn1-c1ccc(N2CC(CO)OC2=O)cc1F.Cc1nccn1-c1ccc(NC(=O)OCc2ccccc2)cc1F. The van der Waals surface area contributed by atoms with Gasteiger partial charge in [0, 0.05) is 30.5 Å². The van der Waals surface area contributed by atoms with Gasteiger partial charge in [0.05, 0.1) is 30.2 Å². The molecule has 1 atom stereocenters. The summed E-state index contributed by atoms with van der Waals surface area (Å²) in [5, 5.41) is 11.5. The summed E-state index contributed by atoms with van der Waals surface area (Å²) in [6.45, 7) is 3.67. The number of aromatic nitrogens is 4. The second kappa shape index (κ2) is 13.8. The van der Waals surface area contributed by atoms with Crippen LogP contribution in [0.5, 0.6) is 0 Å². The minimum absolute atomic E-state index is 0.154. The number of aryl methyl sites for hydroxylation is 2. The van der Waals surface area contributed by atoms with Gasteiger partial charge in [0.1, 0.15) is 36.0 Å². The number of rotatable bonds is 7. The van der Waals surface area contributed by atoms with E-state index in [4.69, 9.17) is 14.6 Å². The van der Waals surface area contributed by atoms with Crippen molar-refractivity contribution < 1.29 is 33.0 Å². The van der Waals surface area contributed by atoms with E-state index in [1.807, 2.05) is 30.3 Å². The molecule has 13 heteroatoms. The molecule has 2 amide bonds. The Morgan fingerprint density at radius 1 is 0.956 bits per heavy atom. The molecule has 2 N–H and O–H groups in total. The van der Waals surface area contributed by atoms with E-state index in [0.717, 1.165) is 5.56 Å². The van der Waals surface area contributed by atoms with E-state index >= 15 is 0 Å². The van der Waals surface area contributed by atoms with E-state index in [9.17, 15) is 18.4 Å². The lowest BCUT2D eigenvalue weighted by Gasteiger charge is -2.14. The van der Waals surface area contributed by atoms with E-state index in [-0.39, 0.29) is 19.8 Å². The van der Waals surface area contributed by atoms with Gasteiger partial charge in [-0.25, -0.2) is 28.3 Å². The average Bonchev–Trinajstić information content (AvgIpc) is 3.76. The molecular weight excluding hydrogens is 586 g/mol. The molecule has 11 nitrogen and oxygen atoms in total. The number of benzene rings is 3. The van der Waals surface area contributed by atoms with Crippen molar-refractivity contribution in [2.45, 2.75) is 26.6 Å². The maximum atomic E-state index is 14.3. The molecule has 0 aliphatic carbocycles. The van der Waals surface area contributed by atoms with E-state index in [0.29, 0.717) is 34.4 Å². The van der Waals surface area contributed by atoms with Crippen molar-refractivity contribution in [1.82, 2.24) is 19.1 Å². The molecule has 1 fully saturated rings. The second-order valence-electron chi connectivity index (χ2n) is 9.98. The zero-order chi connectivity index (χ0) is 31.9. The smallest absolute Gasteiger partial charge is 0.414 e. The van der Waals surface area contributed by atoms with E-state index < -0.39 is 29.9 Å². The summed E-state index contributed by atoms with van der Waals surface area (Å²) in [5.41, 5.74) is 2.33. The Hall–Kier alpha value is -5.56. The van der Waals surface area contributed by atoms with Gasteiger partial charge in [0.2, 0.25) is 0 Å². The number of aliphatic hydroxyl groups excluding tert-OH is 1. The molecule has 1 aliphatic heterocycles. The van der Waals surface area contributed by atoms with Crippen LogP contribution >= 0.6 is 0 Å². The minimum atomic E-state index is -0.634. The van der Waals surface area contributed by atoms with Crippen LogP contribution in [0, 0.1) is 25.5 Å². The number of ether oxygens (including phenoxy) is 2. The molecule has 1 saturated heterocycles. The maximum Gasteiger partial charge on any atom is 0.414 e.